The highest BCUT2D eigenvalue weighted by Crippen LogP contribution is 2.23. The summed E-state index contributed by atoms with van der Waals surface area (Å²) in [5.41, 5.74) is 7.33. The molecule has 1 fully saturated rings. The van der Waals surface area contributed by atoms with Crippen LogP contribution in [0.4, 0.5) is 0 Å². The molecule has 1 aliphatic heterocycles. The van der Waals surface area contributed by atoms with Crippen molar-refractivity contribution in [2.24, 2.45) is 0 Å². The first kappa shape index (κ1) is 25.0. The van der Waals surface area contributed by atoms with E-state index in [0.29, 0.717) is 18.4 Å². The molecule has 3 nitrogen and oxygen atoms in total. The maximum atomic E-state index is 13.1. The third kappa shape index (κ3) is 6.72. The Hall–Kier alpha value is -2.13. The monoisotopic (exact) mass is 460 g/mol. The normalized spacial score (nSPS) is 18.2. The highest BCUT2D eigenvalue weighted by Gasteiger charge is 2.27. The maximum absolute atomic E-state index is 13.1. The number of hydrogen-bond acceptors (Lipinski definition) is 2. The predicted molar refractivity (Wildman–Crippen MR) is 142 cm³/mol. The Kier molecular flexibility index (Phi) is 9.21. The van der Waals surface area contributed by atoms with E-state index in [0.717, 1.165) is 71.1 Å². The fraction of sp³-hybridized carbons (Fsp3) is 0.581. The maximum Gasteiger partial charge on any atom is 0.222 e. The first-order valence-corrected chi connectivity index (χ1v) is 13.9. The van der Waals surface area contributed by atoms with Crippen LogP contribution in [-0.4, -0.2) is 47.9 Å². The number of hydrogen-bond donors (Lipinski definition) is 0. The average molecular weight is 461 g/mol. The fourth-order valence-corrected chi connectivity index (χ4v) is 5.79. The van der Waals surface area contributed by atoms with Crippen molar-refractivity contribution in [1.29, 1.82) is 0 Å². The molecular formula is C31H44N2O. The summed E-state index contributed by atoms with van der Waals surface area (Å²) in [5, 5.41) is 0. The molecule has 0 N–H and O–H groups in total. The van der Waals surface area contributed by atoms with Crippen molar-refractivity contribution in [2.75, 3.05) is 26.2 Å². The predicted octanol–water partition coefficient (Wildman–Crippen LogP) is 6.01. The Balaban J connectivity index is 1.31. The van der Waals surface area contributed by atoms with Crippen molar-refractivity contribution < 1.29 is 4.79 Å². The lowest BCUT2D eigenvalue weighted by molar-refractivity contribution is -0.135. The van der Waals surface area contributed by atoms with Crippen LogP contribution < -0.4 is 0 Å². The minimum absolute atomic E-state index is 0.385. The summed E-state index contributed by atoms with van der Waals surface area (Å²) in [6.45, 7) is 8.59. The van der Waals surface area contributed by atoms with Crippen molar-refractivity contribution in [2.45, 2.75) is 90.5 Å². The molecule has 184 valence electrons. The van der Waals surface area contributed by atoms with Crippen LogP contribution in [0.1, 0.15) is 80.2 Å². The molecule has 34 heavy (non-hydrogen) atoms. The first-order chi connectivity index (χ1) is 16.7. The van der Waals surface area contributed by atoms with Crippen molar-refractivity contribution >= 4 is 5.91 Å². The summed E-state index contributed by atoms with van der Waals surface area (Å²) in [6, 6.07) is 16.8. The number of unbranched alkanes of at least 4 members (excludes halogenated alkanes) is 1. The molecule has 7 rings (SSSR count). The molecule has 1 heterocycles. The largest absolute Gasteiger partial charge is 0.338 e. The van der Waals surface area contributed by atoms with Gasteiger partial charge in [-0.2, -0.15) is 0 Å². The number of piperidine rings is 1. The molecule has 5 aliphatic rings. The average Bonchev–Trinajstić information content (AvgIpc) is 2.87. The minimum atomic E-state index is 0.385. The lowest BCUT2D eigenvalue weighted by Gasteiger charge is -2.38. The second-order valence-corrected chi connectivity index (χ2v) is 10.3. The van der Waals surface area contributed by atoms with Gasteiger partial charge in [0.1, 0.15) is 0 Å². The molecule has 0 saturated carbocycles. The molecular weight excluding hydrogens is 416 g/mol. The van der Waals surface area contributed by atoms with Gasteiger partial charge in [0.2, 0.25) is 5.91 Å². The van der Waals surface area contributed by atoms with Gasteiger partial charge in [0.15, 0.2) is 0 Å². The van der Waals surface area contributed by atoms with E-state index in [9.17, 15) is 4.79 Å². The van der Waals surface area contributed by atoms with Gasteiger partial charge in [0, 0.05) is 25.6 Å². The van der Waals surface area contributed by atoms with Gasteiger partial charge in [-0.25, -0.2) is 0 Å². The molecule has 1 amide bonds. The van der Waals surface area contributed by atoms with Crippen LogP contribution in [0.15, 0.2) is 42.5 Å². The third-order valence-electron chi connectivity index (χ3n) is 8.08. The SMILES string of the molecule is CCN(CC)CC1CCCCN1C(=O)CCCCc1cc2ccc1CCc1ccc(cc1)CC2. The Morgan fingerprint density at radius 1 is 0.882 bits per heavy atom. The van der Waals surface area contributed by atoms with Crippen LogP contribution in [-0.2, 0) is 36.9 Å². The number of benzene rings is 2. The van der Waals surface area contributed by atoms with E-state index in [-0.39, 0.29) is 0 Å². The van der Waals surface area contributed by atoms with Crippen LogP contribution >= 0.6 is 0 Å². The van der Waals surface area contributed by atoms with E-state index in [2.05, 4.69) is 66.1 Å². The van der Waals surface area contributed by atoms with Crippen molar-refractivity contribution in [3.05, 3.63) is 70.3 Å². The van der Waals surface area contributed by atoms with Gasteiger partial charge in [-0.15, -0.1) is 0 Å². The molecule has 0 aromatic heterocycles. The van der Waals surface area contributed by atoms with Crippen molar-refractivity contribution in [3.8, 4) is 0 Å². The van der Waals surface area contributed by atoms with E-state index in [1.54, 1.807) is 0 Å². The summed E-state index contributed by atoms with van der Waals surface area (Å²) in [5.74, 6) is 0.385. The highest BCUT2D eigenvalue weighted by atomic mass is 16.2. The summed E-state index contributed by atoms with van der Waals surface area (Å²) < 4.78 is 0. The molecule has 4 aliphatic carbocycles. The Bertz CT molecular complexity index is 916. The van der Waals surface area contributed by atoms with Gasteiger partial charge in [-0.1, -0.05) is 56.3 Å². The number of rotatable bonds is 9. The molecule has 0 spiro atoms. The molecule has 0 radical (unpaired) electrons. The van der Waals surface area contributed by atoms with Crippen molar-refractivity contribution in [1.82, 2.24) is 9.80 Å². The zero-order chi connectivity index (χ0) is 23.8. The lowest BCUT2D eigenvalue weighted by Crippen LogP contribution is -2.49. The van der Waals surface area contributed by atoms with E-state index in [1.807, 2.05) is 0 Å². The standard InChI is InChI=1S/C31H44N2O/c1-3-32(4-2)24-30-10-7-8-22-33(30)31(34)11-6-5-9-29-23-27-17-16-25-12-14-26(15-13-25)18-20-28(29)21-19-27/h12-15,19,21,23,30H,3-11,16-18,20,22,24H2,1-2H3. The van der Waals surface area contributed by atoms with Gasteiger partial charge in [0.05, 0.1) is 0 Å². The van der Waals surface area contributed by atoms with Crippen LogP contribution in [0.3, 0.4) is 0 Å². The molecule has 1 saturated heterocycles. The van der Waals surface area contributed by atoms with Gasteiger partial charge in [0.25, 0.3) is 0 Å². The highest BCUT2D eigenvalue weighted by molar-refractivity contribution is 5.76. The number of likely N-dealkylation sites (tertiary alicyclic amines) is 1. The fourth-order valence-electron chi connectivity index (χ4n) is 5.79. The van der Waals surface area contributed by atoms with E-state index >= 15 is 0 Å². The number of amides is 1. The Morgan fingerprint density at radius 3 is 2.29 bits per heavy atom. The van der Waals surface area contributed by atoms with E-state index in [1.165, 1.54) is 47.1 Å². The number of likely N-dealkylation sites (N-methyl/N-ethyl adjacent to an activating group) is 1. The lowest BCUT2D eigenvalue weighted by atomic mass is 9.91. The number of carbonyl (C=O) groups excluding carboxylic acids is 1. The Labute approximate surface area is 207 Å². The molecule has 3 heteroatoms. The molecule has 2 aromatic carbocycles. The molecule has 4 bridgehead atoms. The van der Waals surface area contributed by atoms with Gasteiger partial charge in [-0.05, 0) is 105 Å². The number of nitrogens with zero attached hydrogens (tertiary/aromatic N) is 2. The third-order valence-corrected chi connectivity index (χ3v) is 8.08. The first-order valence-electron chi connectivity index (χ1n) is 13.9. The van der Waals surface area contributed by atoms with Crippen molar-refractivity contribution in [3.63, 3.8) is 0 Å². The number of carbonyl (C=O) groups is 1. The van der Waals surface area contributed by atoms with Gasteiger partial charge >= 0.3 is 0 Å². The second kappa shape index (κ2) is 12.5. The summed E-state index contributed by atoms with van der Waals surface area (Å²) >= 11 is 0. The second-order valence-electron chi connectivity index (χ2n) is 10.3. The molecule has 1 unspecified atom stereocenters. The van der Waals surface area contributed by atoms with E-state index in [4.69, 9.17) is 0 Å². The summed E-state index contributed by atoms with van der Waals surface area (Å²) in [6.07, 6.45) is 11.9. The summed E-state index contributed by atoms with van der Waals surface area (Å²) in [7, 11) is 0. The van der Waals surface area contributed by atoms with Crippen LogP contribution in [0.2, 0.25) is 0 Å². The van der Waals surface area contributed by atoms with Crippen LogP contribution in [0.5, 0.6) is 0 Å². The smallest absolute Gasteiger partial charge is 0.222 e. The minimum Gasteiger partial charge on any atom is -0.338 e. The Morgan fingerprint density at radius 2 is 1.56 bits per heavy atom. The van der Waals surface area contributed by atoms with E-state index < -0.39 is 0 Å². The van der Waals surface area contributed by atoms with Crippen LogP contribution in [0, 0.1) is 0 Å². The van der Waals surface area contributed by atoms with Gasteiger partial charge in [-0.3, -0.25) is 4.79 Å². The topological polar surface area (TPSA) is 23.6 Å². The summed E-state index contributed by atoms with van der Waals surface area (Å²) in [4.78, 5) is 17.8. The van der Waals surface area contributed by atoms with Gasteiger partial charge < -0.3 is 9.80 Å². The zero-order valence-corrected chi connectivity index (χ0v) is 21.5. The quantitative estimate of drug-likeness (QED) is 0.428. The van der Waals surface area contributed by atoms with Crippen LogP contribution in [0.25, 0.3) is 0 Å². The zero-order valence-electron chi connectivity index (χ0n) is 21.5. The molecule has 2 aromatic rings. The molecule has 1 atom stereocenters. The number of aryl methyl sites for hydroxylation is 5.